The lowest BCUT2D eigenvalue weighted by Gasteiger charge is -2.23. The quantitative estimate of drug-likeness (QED) is 0.291. The van der Waals surface area contributed by atoms with Crippen LogP contribution in [0.15, 0.2) is 47.5 Å². The number of methoxy groups -OCH3 is 1. The van der Waals surface area contributed by atoms with Gasteiger partial charge in [-0.2, -0.15) is 0 Å². The molecular formula is C20H25FN4O6S. The number of ether oxygens (including phenoxy) is 2. The third kappa shape index (κ3) is 7.64. The SMILES string of the molecule is COCCOC(=O)N(C)CCN(CC(=O)NO)S(=O)c1ccc(-c2cccc(F)c2)nc1. The Morgan fingerprint density at radius 2 is 2.00 bits per heavy atom. The largest absolute Gasteiger partial charge is 0.447 e. The molecule has 1 aromatic carbocycles. The van der Waals surface area contributed by atoms with Crippen molar-refractivity contribution in [2.75, 3.05) is 47.0 Å². The molecule has 0 radical (unpaired) electrons. The Kier molecular flexibility index (Phi) is 10.1. The number of pyridine rings is 1. The van der Waals surface area contributed by atoms with E-state index in [0.29, 0.717) is 16.2 Å². The van der Waals surface area contributed by atoms with E-state index in [0.717, 1.165) is 0 Å². The molecule has 1 aromatic heterocycles. The van der Waals surface area contributed by atoms with Gasteiger partial charge in [0, 0.05) is 39.0 Å². The monoisotopic (exact) mass is 468 g/mol. The van der Waals surface area contributed by atoms with E-state index in [9.17, 15) is 18.2 Å². The molecule has 2 amide bonds. The summed E-state index contributed by atoms with van der Waals surface area (Å²) in [5.41, 5.74) is 2.55. The van der Waals surface area contributed by atoms with Gasteiger partial charge < -0.3 is 14.4 Å². The van der Waals surface area contributed by atoms with Gasteiger partial charge in [-0.05, 0) is 24.3 Å². The Labute approximate surface area is 187 Å². The molecule has 10 nitrogen and oxygen atoms in total. The summed E-state index contributed by atoms with van der Waals surface area (Å²) in [5.74, 6) is -1.17. The van der Waals surface area contributed by atoms with Gasteiger partial charge in [0.25, 0.3) is 5.91 Å². The van der Waals surface area contributed by atoms with Crippen molar-refractivity contribution in [3.05, 3.63) is 48.4 Å². The van der Waals surface area contributed by atoms with Crippen LogP contribution in [0.3, 0.4) is 0 Å². The van der Waals surface area contributed by atoms with E-state index in [1.807, 2.05) is 0 Å². The van der Waals surface area contributed by atoms with Gasteiger partial charge in [-0.15, -0.1) is 0 Å². The molecule has 32 heavy (non-hydrogen) atoms. The van der Waals surface area contributed by atoms with Crippen molar-refractivity contribution in [1.29, 1.82) is 0 Å². The van der Waals surface area contributed by atoms with Gasteiger partial charge in [-0.3, -0.25) is 15.0 Å². The summed E-state index contributed by atoms with van der Waals surface area (Å²) in [6.45, 7) is 0.102. The molecule has 0 saturated heterocycles. The summed E-state index contributed by atoms with van der Waals surface area (Å²) in [6.07, 6.45) is 0.767. The van der Waals surface area contributed by atoms with Crippen molar-refractivity contribution in [3.63, 3.8) is 0 Å². The Morgan fingerprint density at radius 3 is 2.62 bits per heavy atom. The van der Waals surface area contributed by atoms with E-state index in [4.69, 9.17) is 14.7 Å². The number of nitrogens with zero attached hydrogens (tertiary/aromatic N) is 3. The molecular weight excluding hydrogens is 443 g/mol. The first kappa shape index (κ1) is 25.3. The second-order valence-corrected chi connectivity index (χ2v) is 8.05. The fourth-order valence-electron chi connectivity index (χ4n) is 2.54. The highest BCUT2D eigenvalue weighted by Gasteiger charge is 2.21. The lowest BCUT2D eigenvalue weighted by molar-refractivity contribution is -0.129. The van der Waals surface area contributed by atoms with Crippen LogP contribution in [-0.4, -0.2) is 82.6 Å². The van der Waals surface area contributed by atoms with Crippen LogP contribution in [0.4, 0.5) is 9.18 Å². The third-order valence-corrected chi connectivity index (χ3v) is 5.67. The minimum atomic E-state index is -1.82. The van der Waals surface area contributed by atoms with Crippen molar-refractivity contribution < 1.29 is 32.9 Å². The first-order valence-corrected chi connectivity index (χ1v) is 10.6. The number of carbonyl (C=O) groups excluding carboxylic acids is 2. The van der Waals surface area contributed by atoms with E-state index in [-0.39, 0.29) is 32.8 Å². The van der Waals surface area contributed by atoms with E-state index >= 15 is 0 Å². The first-order chi connectivity index (χ1) is 15.3. The number of hydrogen-bond donors (Lipinski definition) is 2. The van der Waals surface area contributed by atoms with Crippen LogP contribution < -0.4 is 5.48 Å². The number of halogens is 1. The molecule has 0 aliphatic carbocycles. The Balaban J connectivity index is 2.08. The van der Waals surface area contributed by atoms with Crippen molar-refractivity contribution in [3.8, 4) is 11.3 Å². The van der Waals surface area contributed by atoms with E-state index in [2.05, 4.69) is 4.98 Å². The van der Waals surface area contributed by atoms with Gasteiger partial charge in [0.15, 0.2) is 0 Å². The normalized spacial score (nSPS) is 11.8. The molecule has 1 unspecified atom stereocenters. The molecule has 0 saturated carbocycles. The highest BCUT2D eigenvalue weighted by atomic mass is 32.2. The molecule has 1 heterocycles. The molecule has 1 atom stereocenters. The zero-order valence-corrected chi connectivity index (χ0v) is 18.5. The summed E-state index contributed by atoms with van der Waals surface area (Å²) in [4.78, 5) is 29.4. The standard InChI is InChI=1S/C20H25FN4O6S/c1-24(20(27)31-11-10-30-2)8-9-25(14-19(26)23-28)32(29)17-6-7-18(22-13-17)15-4-3-5-16(21)12-15/h3-7,12-13,28H,8-11,14H2,1-2H3,(H,23,26). The number of carbonyl (C=O) groups is 2. The van der Waals surface area contributed by atoms with E-state index < -0.39 is 28.8 Å². The highest BCUT2D eigenvalue weighted by molar-refractivity contribution is 7.82. The average molecular weight is 469 g/mol. The average Bonchev–Trinajstić information content (AvgIpc) is 2.81. The minimum absolute atomic E-state index is 0.0432. The number of aromatic nitrogens is 1. The summed E-state index contributed by atoms with van der Waals surface area (Å²) in [6, 6.07) is 9.05. The highest BCUT2D eigenvalue weighted by Crippen LogP contribution is 2.19. The molecule has 0 fully saturated rings. The molecule has 0 spiro atoms. The van der Waals surface area contributed by atoms with E-state index in [1.165, 1.54) is 47.2 Å². The van der Waals surface area contributed by atoms with Crippen LogP contribution in [0, 0.1) is 5.82 Å². The number of nitrogens with one attached hydrogen (secondary N) is 1. The van der Waals surface area contributed by atoms with Gasteiger partial charge in [0.2, 0.25) is 0 Å². The second-order valence-electron chi connectivity index (χ2n) is 6.57. The number of rotatable bonds is 11. The van der Waals surface area contributed by atoms with Gasteiger partial charge in [-0.25, -0.2) is 23.2 Å². The molecule has 2 rings (SSSR count). The van der Waals surface area contributed by atoms with Crippen LogP contribution in [0.1, 0.15) is 0 Å². The van der Waals surface area contributed by atoms with Crippen molar-refractivity contribution in [2.24, 2.45) is 0 Å². The first-order valence-electron chi connectivity index (χ1n) is 9.54. The zero-order valence-electron chi connectivity index (χ0n) is 17.7. The van der Waals surface area contributed by atoms with Gasteiger partial charge in [0.05, 0.1) is 23.7 Å². The fraction of sp³-hybridized carbons (Fsp3) is 0.350. The Bertz CT molecular complexity index is 931. The van der Waals surface area contributed by atoms with Crippen LogP contribution >= 0.6 is 0 Å². The van der Waals surface area contributed by atoms with Crippen LogP contribution in [0.2, 0.25) is 0 Å². The van der Waals surface area contributed by atoms with Gasteiger partial charge in [-0.1, -0.05) is 12.1 Å². The lowest BCUT2D eigenvalue weighted by atomic mass is 10.1. The molecule has 0 bridgehead atoms. The number of hydrogen-bond acceptors (Lipinski definition) is 7. The Morgan fingerprint density at radius 1 is 1.22 bits per heavy atom. The zero-order chi connectivity index (χ0) is 23.5. The third-order valence-electron chi connectivity index (χ3n) is 4.25. The maximum Gasteiger partial charge on any atom is 0.409 e. The smallest absolute Gasteiger partial charge is 0.409 e. The molecule has 12 heteroatoms. The van der Waals surface area contributed by atoms with Crippen LogP contribution in [0.25, 0.3) is 11.3 Å². The summed E-state index contributed by atoms with van der Waals surface area (Å²) >= 11 is 0. The maximum absolute atomic E-state index is 13.4. The van der Waals surface area contributed by atoms with Crippen LogP contribution in [0.5, 0.6) is 0 Å². The predicted molar refractivity (Wildman–Crippen MR) is 113 cm³/mol. The number of hydroxylamine groups is 1. The molecule has 0 aliphatic rings. The number of benzene rings is 1. The van der Waals surface area contributed by atoms with Crippen molar-refractivity contribution in [2.45, 2.75) is 4.90 Å². The maximum atomic E-state index is 13.4. The van der Waals surface area contributed by atoms with Crippen LogP contribution in [-0.2, 0) is 25.3 Å². The lowest BCUT2D eigenvalue weighted by Crippen LogP contribution is -2.42. The topological polar surface area (TPSA) is 121 Å². The molecule has 2 N–H and O–H groups in total. The van der Waals surface area contributed by atoms with Crippen molar-refractivity contribution in [1.82, 2.24) is 19.7 Å². The predicted octanol–water partition coefficient (Wildman–Crippen LogP) is 1.43. The van der Waals surface area contributed by atoms with Crippen molar-refractivity contribution >= 4 is 23.0 Å². The number of likely N-dealkylation sites (N-methyl/N-ethyl adjacent to an activating group) is 1. The summed E-state index contributed by atoms with van der Waals surface area (Å²) in [5, 5.41) is 8.84. The van der Waals surface area contributed by atoms with Gasteiger partial charge in [0.1, 0.15) is 23.4 Å². The van der Waals surface area contributed by atoms with Gasteiger partial charge >= 0.3 is 6.09 Å². The Hall–Kier alpha value is -2.93. The van der Waals surface area contributed by atoms with E-state index in [1.54, 1.807) is 24.3 Å². The summed E-state index contributed by atoms with van der Waals surface area (Å²) in [7, 11) is 1.16. The number of amides is 2. The molecule has 174 valence electrons. The molecule has 2 aromatic rings. The second kappa shape index (κ2) is 12.8. The summed E-state index contributed by atoms with van der Waals surface area (Å²) < 4.78 is 37.5. The minimum Gasteiger partial charge on any atom is -0.447 e. The fourth-order valence-corrected chi connectivity index (χ4v) is 3.65. The molecule has 0 aliphatic heterocycles.